The average Bonchev–Trinajstić information content (AvgIpc) is 3.13. The Labute approximate surface area is 169 Å². The predicted molar refractivity (Wildman–Crippen MR) is 108 cm³/mol. The van der Waals surface area contributed by atoms with Crippen LogP contribution in [0.1, 0.15) is 43.7 Å². The first-order chi connectivity index (χ1) is 13.4. The number of aromatic nitrogens is 2. The second-order valence-corrected chi connectivity index (χ2v) is 8.28. The van der Waals surface area contributed by atoms with Crippen molar-refractivity contribution in [2.45, 2.75) is 57.7 Å². The molecule has 3 rings (SSSR count). The summed E-state index contributed by atoms with van der Waals surface area (Å²) in [5.41, 5.74) is 3.17. The summed E-state index contributed by atoms with van der Waals surface area (Å²) in [5, 5.41) is 13.6. The van der Waals surface area contributed by atoms with Gasteiger partial charge in [0.2, 0.25) is 11.8 Å². The van der Waals surface area contributed by atoms with Crippen LogP contribution in [0.3, 0.4) is 0 Å². The Morgan fingerprint density at radius 3 is 2.71 bits per heavy atom. The fourth-order valence-electron chi connectivity index (χ4n) is 3.28. The Bertz CT molecular complexity index is 852. The van der Waals surface area contributed by atoms with Crippen molar-refractivity contribution in [2.75, 3.05) is 5.75 Å². The summed E-state index contributed by atoms with van der Waals surface area (Å²) < 4.78 is 5.62. The van der Waals surface area contributed by atoms with Crippen LogP contribution in [0.2, 0.25) is 0 Å². The number of imide groups is 1. The predicted octanol–water partition coefficient (Wildman–Crippen LogP) is 3.85. The molecule has 0 saturated heterocycles. The van der Waals surface area contributed by atoms with Crippen molar-refractivity contribution >= 4 is 23.7 Å². The van der Waals surface area contributed by atoms with Crippen molar-refractivity contribution in [3.05, 3.63) is 29.3 Å². The number of hydrogen-bond donors (Lipinski definition) is 2. The highest BCUT2D eigenvalue weighted by molar-refractivity contribution is 7.99. The van der Waals surface area contributed by atoms with Gasteiger partial charge in [-0.3, -0.25) is 10.1 Å². The van der Waals surface area contributed by atoms with Gasteiger partial charge in [0.15, 0.2) is 0 Å². The SMILES string of the molecule is Cc1ccc(-c2nnc(SCC(=O)NC(=O)N[C@@H]3CCCC[C@@H]3C)o2)cc1C. The van der Waals surface area contributed by atoms with Gasteiger partial charge in [-0.25, -0.2) is 4.79 Å². The second-order valence-electron chi connectivity index (χ2n) is 7.35. The molecule has 2 aromatic rings. The quantitative estimate of drug-likeness (QED) is 0.737. The molecule has 0 spiro atoms. The molecule has 1 aliphatic rings. The van der Waals surface area contributed by atoms with Gasteiger partial charge in [-0.2, -0.15) is 0 Å². The number of rotatable bonds is 5. The van der Waals surface area contributed by atoms with E-state index in [4.69, 9.17) is 4.42 Å². The Morgan fingerprint density at radius 1 is 1.18 bits per heavy atom. The summed E-state index contributed by atoms with van der Waals surface area (Å²) in [7, 11) is 0. The van der Waals surface area contributed by atoms with Crippen LogP contribution >= 0.6 is 11.8 Å². The maximum atomic E-state index is 12.0. The second kappa shape index (κ2) is 9.23. The molecule has 28 heavy (non-hydrogen) atoms. The van der Waals surface area contributed by atoms with Crippen molar-refractivity contribution in [2.24, 2.45) is 5.92 Å². The third kappa shape index (κ3) is 5.34. The molecule has 2 atom stereocenters. The topological polar surface area (TPSA) is 97.1 Å². The van der Waals surface area contributed by atoms with Crippen molar-refractivity contribution in [3.63, 3.8) is 0 Å². The van der Waals surface area contributed by atoms with Crippen LogP contribution in [-0.4, -0.2) is 33.9 Å². The van der Waals surface area contributed by atoms with Crippen LogP contribution in [0.15, 0.2) is 27.8 Å². The van der Waals surface area contributed by atoms with Gasteiger partial charge < -0.3 is 9.73 Å². The molecular weight excluding hydrogens is 376 g/mol. The van der Waals surface area contributed by atoms with E-state index in [1.54, 1.807) is 0 Å². The first kappa shape index (κ1) is 20.4. The van der Waals surface area contributed by atoms with Gasteiger partial charge in [0.25, 0.3) is 5.22 Å². The van der Waals surface area contributed by atoms with Gasteiger partial charge in [0.1, 0.15) is 0 Å². The molecule has 1 aromatic heterocycles. The number of nitrogens with zero attached hydrogens (tertiary/aromatic N) is 2. The zero-order chi connectivity index (χ0) is 20.1. The largest absolute Gasteiger partial charge is 0.411 e. The van der Waals surface area contributed by atoms with E-state index in [0.29, 0.717) is 17.0 Å². The van der Waals surface area contributed by atoms with Gasteiger partial charge in [-0.1, -0.05) is 37.6 Å². The number of amides is 3. The molecule has 7 nitrogen and oxygen atoms in total. The van der Waals surface area contributed by atoms with E-state index in [1.165, 1.54) is 12.0 Å². The third-order valence-corrected chi connectivity index (χ3v) is 5.99. The first-order valence-electron chi connectivity index (χ1n) is 9.56. The number of benzene rings is 1. The molecule has 1 heterocycles. The van der Waals surface area contributed by atoms with Crippen molar-refractivity contribution in [3.8, 4) is 11.5 Å². The molecule has 0 unspecified atom stereocenters. The van der Waals surface area contributed by atoms with Gasteiger partial charge in [-0.05, 0) is 55.9 Å². The van der Waals surface area contributed by atoms with Gasteiger partial charge in [0, 0.05) is 11.6 Å². The summed E-state index contributed by atoms with van der Waals surface area (Å²) in [6.07, 6.45) is 4.37. The minimum absolute atomic E-state index is 0.0300. The molecule has 1 aromatic carbocycles. The monoisotopic (exact) mass is 402 g/mol. The molecule has 0 aliphatic heterocycles. The lowest BCUT2D eigenvalue weighted by atomic mass is 9.86. The Hall–Kier alpha value is -2.35. The van der Waals surface area contributed by atoms with E-state index in [1.807, 2.05) is 32.0 Å². The maximum Gasteiger partial charge on any atom is 0.321 e. The van der Waals surface area contributed by atoms with Crippen LogP contribution in [0.25, 0.3) is 11.5 Å². The molecule has 0 radical (unpaired) electrons. The molecule has 0 bridgehead atoms. The fraction of sp³-hybridized carbons (Fsp3) is 0.500. The van der Waals surface area contributed by atoms with Crippen LogP contribution in [0, 0.1) is 19.8 Å². The van der Waals surface area contributed by atoms with Crippen molar-refractivity contribution in [1.82, 2.24) is 20.8 Å². The fourth-order valence-corrected chi connectivity index (χ4v) is 3.85. The number of aryl methyl sites for hydroxylation is 2. The summed E-state index contributed by atoms with van der Waals surface area (Å²) in [5.74, 6) is 0.487. The minimum Gasteiger partial charge on any atom is -0.411 e. The zero-order valence-electron chi connectivity index (χ0n) is 16.4. The van der Waals surface area contributed by atoms with E-state index in [9.17, 15) is 9.59 Å². The zero-order valence-corrected chi connectivity index (χ0v) is 17.3. The Balaban J connectivity index is 1.47. The lowest BCUT2D eigenvalue weighted by molar-refractivity contribution is -0.117. The minimum atomic E-state index is -0.439. The highest BCUT2D eigenvalue weighted by atomic mass is 32.2. The molecule has 3 amide bonds. The van der Waals surface area contributed by atoms with Crippen molar-refractivity contribution in [1.29, 1.82) is 0 Å². The van der Waals surface area contributed by atoms with E-state index in [-0.39, 0.29) is 11.8 Å². The number of urea groups is 1. The van der Waals surface area contributed by atoms with Crippen LogP contribution in [-0.2, 0) is 4.79 Å². The van der Waals surface area contributed by atoms with E-state index < -0.39 is 11.9 Å². The molecular formula is C20H26N4O3S. The van der Waals surface area contributed by atoms with Gasteiger partial charge >= 0.3 is 6.03 Å². The Morgan fingerprint density at radius 2 is 1.96 bits per heavy atom. The smallest absolute Gasteiger partial charge is 0.321 e. The third-order valence-electron chi connectivity index (χ3n) is 5.17. The maximum absolute atomic E-state index is 12.0. The molecule has 1 fully saturated rings. The van der Waals surface area contributed by atoms with Crippen LogP contribution in [0.4, 0.5) is 4.79 Å². The molecule has 8 heteroatoms. The summed E-state index contributed by atoms with van der Waals surface area (Å²) >= 11 is 1.11. The van der Waals surface area contributed by atoms with Gasteiger partial charge in [0.05, 0.1) is 5.75 Å². The summed E-state index contributed by atoms with van der Waals surface area (Å²) in [6, 6.07) is 5.60. The van der Waals surface area contributed by atoms with E-state index in [2.05, 4.69) is 27.8 Å². The van der Waals surface area contributed by atoms with Crippen molar-refractivity contribution < 1.29 is 14.0 Å². The molecule has 1 saturated carbocycles. The van der Waals surface area contributed by atoms with Crippen LogP contribution in [0.5, 0.6) is 0 Å². The summed E-state index contributed by atoms with van der Waals surface area (Å²) in [4.78, 5) is 24.0. The van der Waals surface area contributed by atoms with E-state index in [0.717, 1.165) is 42.2 Å². The average molecular weight is 403 g/mol. The number of carbonyl (C=O) groups excluding carboxylic acids is 2. The highest BCUT2D eigenvalue weighted by Gasteiger charge is 2.23. The number of nitrogens with one attached hydrogen (secondary N) is 2. The number of thioether (sulfide) groups is 1. The van der Waals surface area contributed by atoms with Crippen LogP contribution < -0.4 is 10.6 Å². The highest BCUT2D eigenvalue weighted by Crippen LogP contribution is 2.25. The first-order valence-corrected chi connectivity index (χ1v) is 10.5. The Kier molecular flexibility index (Phi) is 6.72. The van der Waals surface area contributed by atoms with Gasteiger partial charge in [-0.15, -0.1) is 10.2 Å². The number of carbonyl (C=O) groups is 2. The molecule has 2 N–H and O–H groups in total. The standard InChI is InChI=1S/C20H26N4O3S/c1-12-8-9-15(10-14(12)3)18-23-24-20(27-18)28-11-17(25)22-19(26)21-16-7-5-4-6-13(16)2/h8-10,13,16H,4-7,11H2,1-3H3,(H2,21,22,25,26)/t13-,16+/m0/s1. The lowest BCUT2D eigenvalue weighted by Gasteiger charge is -2.29. The molecule has 1 aliphatic carbocycles. The summed E-state index contributed by atoms with van der Waals surface area (Å²) in [6.45, 7) is 6.19. The number of hydrogen-bond acceptors (Lipinski definition) is 6. The molecule has 150 valence electrons. The lowest BCUT2D eigenvalue weighted by Crippen LogP contribution is -2.48. The van der Waals surface area contributed by atoms with E-state index >= 15 is 0 Å². The normalized spacial score (nSPS) is 19.2.